The van der Waals surface area contributed by atoms with Crippen LogP contribution in [0, 0.1) is 0 Å². The van der Waals surface area contributed by atoms with E-state index in [1.165, 1.54) is 0 Å². The summed E-state index contributed by atoms with van der Waals surface area (Å²) < 4.78 is 7.14. The minimum Gasteiger partial charge on any atom is -0.441 e. The highest BCUT2D eigenvalue weighted by Gasteiger charge is 2.27. The average Bonchev–Trinajstić information content (AvgIpc) is 3.26. The first-order valence-corrected chi connectivity index (χ1v) is 9.31. The second-order valence-corrected chi connectivity index (χ2v) is 6.93. The lowest BCUT2D eigenvalue weighted by molar-refractivity contribution is 0.0656. The Morgan fingerprint density at radius 3 is 2.86 bits per heavy atom. The first kappa shape index (κ1) is 18.0. The van der Waals surface area contributed by atoms with Gasteiger partial charge < -0.3 is 14.6 Å². The van der Waals surface area contributed by atoms with Crippen molar-refractivity contribution in [2.75, 3.05) is 6.54 Å². The Morgan fingerprint density at radius 1 is 1.29 bits per heavy atom. The number of H-pyrrole nitrogens is 1. The van der Waals surface area contributed by atoms with Gasteiger partial charge in [0, 0.05) is 30.9 Å². The van der Waals surface area contributed by atoms with Gasteiger partial charge in [-0.1, -0.05) is 30.3 Å². The number of nitrogens with zero attached hydrogens (tertiary/aromatic N) is 3. The summed E-state index contributed by atoms with van der Waals surface area (Å²) in [5, 5.41) is 0. The first-order valence-electron chi connectivity index (χ1n) is 9.31. The topological polar surface area (TPSA) is 80.2 Å². The van der Waals surface area contributed by atoms with Crippen LogP contribution in [-0.2, 0) is 24.2 Å². The van der Waals surface area contributed by atoms with Gasteiger partial charge in [-0.05, 0) is 18.6 Å². The van der Waals surface area contributed by atoms with Gasteiger partial charge >= 0.3 is 6.09 Å². The molecule has 28 heavy (non-hydrogen) atoms. The molecule has 0 saturated heterocycles. The van der Waals surface area contributed by atoms with Crippen LogP contribution in [0.4, 0.5) is 4.79 Å². The van der Waals surface area contributed by atoms with Crippen molar-refractivity contribution in [3.05, 3.63) is 87.9 Å². The van der Waals surface area contributed by atoms with E-state index in [0.717, 1.165) is 16.8 Å². The molecule has 1 unspecified atom stereocenters. The molecule has 0 saturated carbocycles. The minimum atomic E-state index is -0.419. The molecule has 144 valence electrons. The molecule has 7 heteroatoms. The summed E-state index contributed by atoms with van der Waals surface area (Å²) >= 11 is 0. The summed E-state index contributed by atoms with van der Waals surface area (Å²) in [5.41, 5.74) is 3.15. The molecule has 1 aliphatic rings. The zero-order valence-electron chi connectivity index (χ0n) is 15.7. The molecular weight excluding hydrogens is 356 g/mol. The number of hydrogen-bond acceptors (Lipinski definition) is 4. The molecular formula is C21H22N4O3. The third kappa shape index (κ3) is 3.69. The molecule has 3 heterocycles. The van der Waals surface area contributed by atoms with E-state index in [0.29, 0.717) is 25.1 Å². The number of benzene rings is 1. The van der Waals surface area contributed by atoms with Gasteiger partial charge in [-0.25, -0.2) is 9.78 Å². The van der Waals surface area contributed by atoms with Crippen molar-refractivity contribution in [2.45, 2.75) is 32.5 Å². The van der Waals surface area contributed by atoms with Crippen LogP contribution in [0.15, 0.2) is 59.9 Å². The van der Waals surface area contributed by atoms with E-state index in [2.05, 4.69) is 9.97 Å². The lowest BCUT2D eigenvalue weighted by Gasteiger charge is -2.28. The predicted molar refractivity (Wildman–Crippen MR) is 104 cm³/mol. The molecule has 4 rings (SSSR count). The second kappa shape index (κ2) is 7.72. The number of aromatic nitrogens is 3. The number of amides is 1. The highest BCUT2D eigenvalue weighted by atomic mass is 16.6. The summed E-state index contributed by atoms with van der Waals surface area (Å²) in [4.78, 5) is 34.5. The Morgan fingerprint density at radius 2 is 2.11 bits per heavy atom. The normalized spacial score (nSPS) is 14.4. The van der Waals surface area contributed by atoms with Crippen LogP contribution in [0.5, 0.6) is 0 Å². The zero-order valence-corrected chi connectivity index (χ0v) is 15.7. The van der Waals surface area contributed by atoms with Crippen LogP contribution in [-0.4, -0.2) is 32.1 Å². The Bertz CT molecular complexity index is 1010. The smallest absolute Gasteiger partial charge is 0.410 e. The van der Waals surface area contributed by atoms with Crippen molar-refractivity contribution in [3.8, 4) is 0 Å². The van der Waals surface area contributed by atoms with Crippen LogP contribution in [0.1, 0.15) is 35.4 Å². The largest absolute Gasteiger partial charge is 0.441 e. The molecule has 2 aromatic heterocycles. The van der Waals surface area contributed by atoms with Crippen molar-refractivity contribution >= 4 is 6.09 Å². The maximum absolute atomic E-state index is 12.9. The van der Waals surface area contributed by atoms with Crippen LogP contribution in [0.2, 0.25) is 0 Å². The Labute approximate surface area is 162 Å². The molecule has 1 N–H and O–H groups in total. The molecule has 0 fully saturated rings. The van der Waals surface area contributed by atoms with Crippen LogP contribution in [0.25, 0.3) is 0 Å². The summed E-state index contributed by atoms with van der Waals surface area (Å²) in [7, 11) is 0. The predicted octanol–water partition coefficient (Wildman–Crippen LogP) is 2.88. The quantitative estimate of drug-likeness (QED) is 0.757. The maximum Gasteiger partial charge on any atom is 0.410 e. The number of rotatable bonds is 4. The summed E-state index contributed by atoms with van der Waals surface area (Å²) in [6.07, 6.45) is 4.95. The fourth-order valence-electron chi connectivity index (χ4n) is 3.38. The Balaban J connectivity index is 1.50. The van der Waals surface area contributed by atoms with E-state index in [1.54, 1.807) is 28.2 Å². The van der Waals surface area contributed by atoms with Gasteiger partial charge in [0.25, 0.3) is 5.56 Å². The molecule has 1 amide bonds. The van der Waals surface area contributed by atoms with Gasteiger partial charge in [0.05, 0.1) is 30.7 Å². The van der Waals surface area contributed by atoms with Crippen LogP contribution >= 0.6 is 0 Å². The fraction of sp³-hybridized carbons (Fsp3) is 0.286. The van der Waals surface area contributed by atoms with Crippen molar-refractivity contribution in [1.29, 1.82) is 0 Å². The number of carbonyl (C=O) groups is 1. The number of ether oxygens (including phenoxy) is 1. The number of aromatic amines is 1. The third-order valence-electron chi connectivity index (χ3n) is 5.01. The van der Waals surface area contributed by atoms with Crippen LogP contribution < -0.4 is 5.56 Å². The van der Waals surface area contributed by atoms with Gasteiger partial charge in [0.15, 0.2) is 0 Å². The summed E-state index contributed by atoms with van der Waals surface area (Å²) in [6, 6.07) is 11.6. The van der Waals surface area contributed by atoms with Gasteiger partial charge in [-0.2, -0.15) is 0 Å². The monoisotopic (exact) mass is 378 g/mol. The summed E-state index contributed by atoms with van der Waals surface area (Å²) in [5.74, 6) is 0. The minimum absolute atomic E-state index is 0.106. The molecule has 0 radical (unpaired) electrons. The third-order valence-corrected chi connectivity index (χ3v) is 5.01. The van der Waals surface area contributed by atoms with Gasteiger partial charge in [-0.3, -0.25) is 9.36 Å². The molecule has 1 atom stereocenters. The van der Waals surface area contributed by atoms with Gasteiger partial charge in [0.2, 0.25) is 0 Å². The van der Waals surface area contributed by atoms with Crippen molar-refractivity contribution in [1.82, 2.24) is 19.4 Å². The lowest BCUT2D eigenvalue weighted by atomic mass is 10.1. The molecule has 0 aliphatic carbocycles. The number of hydrogen-bond donors (Lipinski definition) is 1. The number of carbonyl (C=O) groups excluding carboxylic acids is 1. The second-order valence-electron chi connectivity index (χ2n) is 6.93. The van der Waals surface area contributed by atoms with E-state index in [1.807, 2.05) is 43.3 Å². The van der Waals surface area contributed by atoms with E-state index in [4.69, 9.17) is 4.74 Å². The molecule has 0 spiro atoms. The van der Waals surface area contributed by atoms with E-state index in [-0.39, 0.29) is 18.2 Å². The molecule has 1 aromatic carbocycles. The fourth-order valence-corrected chi connectivity index (χ4v) is 3.38. The van der Waals surface area contributed by atoms with Gasteiger partial charge in [0.1, 0.15) is 6.10 Å². The van der Waals surface area contributed by atoms with Crippen molar-refractivity contribution < 1.29 is 9.53 Å². The molecule has 3 aromatic rings. The zero-order chi connectivity index (χ0) is 19.5. The van der Waals surface area contributed by atoms with Gasteiger partial charge in [-0.15, -0.1) is 0 Å². The Hall–Kier alpha value is -3.35. The highest BCUT2D eigenvalue weighted by Crippen LogP contribution is 2.20. The van der Waals surface area contributed by atoms with E-state index in [9.17, 15) is 9.59 Å². The van der Waals surface area contributed by atoms with Crippen molar-refractivity contribution in [3.63, 3.8) is 0 Å². The standard InChI is InChI=1S/C21H22N4O3/c1-15(17-7-9-22-11-17)28-21(27)24-10-8-19-18(13-24)20(26)25(14-23-19)12-16-5-3-2-4-6-16/h2-7,9,11,14-15,22H,8,10,12-13H2,1H3. The average molecular weight is 378 g/mol. The molecule has 0 bridgehead atoms. The summed E-state index contributed by atoms with van der Waals surface area (Å²) in [6.45, 7) is 2.98. The first-order chi connectivity index (χ1) is 13.6. The van der Waals surface area contributed by atoms with E-state index < -0.39 is 6.09 Å². The van der Waals surface area contributed by atoms with Crippen LogP contribution in [0.3, 0.4) is 0 Å². The number of nitrogens with one attached hydrogen (secondary N) is 1. The molecule has 1 aliphatic heterocycles. The SMILES string of the molecule is CC(OC(=O)N1CCc2ncn(Cc3ccccc3)c(=O)c2C1)c1cc[nH]c1. The van der Waals surface area contributed by atoms with Crippen molar-refractivity contribution in [2.24, 2.45) is 0 Å². The lowest BCUT2D eigenvalue weighted by Crippen LogP contribution is -2.41. The number of fused-ring (bicyclic) bond motifs is 1. The Kier molecular flexibility index (Phi) is 4.97. The molecule has 7 nitrogen and oxygen atoms in total. The van der Waals surface area contributed by atoms with E-state index >= 15 is 0 Å². The highest BCUT2D eigenvalue weighted by molar-refractivity contribution is 5.68. The maximum atomic E-state index is 12.9.